The highest BCUT2D eigenvalue weighted by atomic mass is 35.6. The van der Waals surface area contributed by atoms with Crippen LogP contribution in [0, 0.1) is 0 Å². The smallest absolute Gasteiger partial charge is 0.273 e. The molecule has 0 aliphatic rings. The van der Waals surface area contributed by atoms with Crippen LogP contribution in [0.5, 0.6) is 0 Å². The molecule has 0 saturated heterocycles. The van der Waals surface area contributed by atoms with Gasteiger partial charge in [0.1, 0.15) is 0 Å². The number of carbonyl (C=O) groups excluding carboxylic acids is 1. The zero-order valence-electron chi connectivity index (χ0n) is 6.74. The van der Waals surface area contributed by atoms with Crippen LogP contribution < -0.4 is 0 Å². The largest absolute Gasteiger partial charge is 0.382 e. The van der Waals surface area contributed by atoms with E-state index in [1.165, 1.54) is 0 Å². The first-order valence-corrected chi connectivity index (χ1v) is 4.71. The van der Waals surface area contributed by atoms with Crippen molar-refractivity contribution in [1.29, 1.82) is 0 Å². The zero-order valence-corrected chi connectivity index (χ0v) is 9.77. The molecular weight excluding hydrogens is 246 g/mol. The lowest BCUT2D eigenvalue weighted by Crippen LogP contribution is -2.10. The summed E-state index contributed by atoms with van der Waals surface area (Å²) in [7, 11) is 0. The van der Waals surface area contributed by atoms with Gasteiger partial charge in [-0.05, 0) is 25.4 Å². The number of halogens is 4. The van der Waals surface area contributed by atoms with Crippen LogP contribution in [0.25, 0.3) is 0 Å². The SMILES string of the molecule is CCOCC.O=C(Cl)C(Cl)(Cl)Cl. The van der Waals surface area contributed by atoms with Crippen LogP contribution in [0.15, 0.2) is 0 Å². The Kier molecular flexibility index (Phi) is 10.7. The summed E-state index contributed by atoms with van der Waals surface area (Å²) in [6.07, 6.45) is 0. The van der Waals surface area contributed by atoms with E-state index in [2.05, 4.69) is 0 Å². The van der Waals surface area contributed by atoms with E-state index in [1.807, 2.05) is 13.8 Å². The third kappa shape index (κ3) is 13.4. The first kappa shape index (κ1) is 15.3. The molecule has 0 aromatic rings. The van der Waals surface area contributed by atoms with Crippen molar-refractivity contribution in [2.24, 2.45) is 0 Å². The van der Waals surface area contributed by atoms with Crippen LogP contribution in [0.4, 0.5) is 0 Å². The van der Waals surface area contributed by atoms with Crippen LogP contribution in [-0.4, -0.2) is 22.2 Å². The van der Waals surface area contributed by atoms with Gasteiger partial charge in [-0.3, -0.25) is 4.79 Å². The lowest BCUT2D eigenvalue weighted by atomic mass is 10.8. The topological polar surface area (TPSA) is 26.3 Å². The molecule has 0 bridgehead atoms. The van der Waals surface area contributed by atoms with Crippen LogP contribution in [0.2, 0.25) is 0 Å². The summed E-state index contributed by atoms with van der Waals surface area (Å²) < 4.78 is 2.88. The highest BCUT2D eigenvalue weighted by Gasteiger charge is 2.27. The fraction of sp³-hybridized carbons (Fsp3) is 0.833. The van der Waals surface area contributed by atoms with Gasteiger partial charge in [-0.15, -0.1) is 0 Å². The predicted octanol–water partition coefficient (Wildman–Crippen LogP) is 3.16. The predicted molar refractivity (Wildman–Crippen MR) is 53.3 cm³/mol. The number of rotatable bonds is 2. The lowest BCUT2D eigenvalue weighted by Gasteiger charge is -1.99. The number of hydrogen-bond donors (Lipinski definition) is 0. The summed E-state index contributed by atoms with van der Waals surface area (Å²) >= 11 is 19.5. The monoisotopic (exact) mass is 254 g/mol. The first-order chi connectivity index (χ1) is 5.36. The van der Waals surface area contributed by atoms with Crippen molar-refractivity contribution in [2.45, 2.75) is 17.6 Å². The Bertz CT molecular complexity index is 119. The molecule has 12 heavy (non-hydrogen) atoms. The minimum Gasteiger partial charge on any atom is -0.382 e. The molecule has 2 nitrogen and oxygen atoms in total. The van der Waals surface area contributed by atoms with Gasteiger partial charge in [0, 0.05) is 13.2 Å². The minimum absolute atomic E-state index is 0.844. The Morgan fingerprint density at radius 1 is 1.25 bits per heavy atom. The van der Waals surface area contributed by atoms with E-state index in [1.54, 1.807) is 0 Å². The van der Waals surface area contributed by atoms with E-state index in [9.17, 15) is 4.79 Å². The Morgan fingerprint density at radius 2 is 1.50 bits per heavy atom. The maximum atomic E-state index is 9.83. The molecule has 0 atom stereocenters. The normalized spacial score (nSPS) is 10.2. The second-order valence-corrected chi connectivity index (χ2v) is 4.18. The number of ether oxygens (including phenoxy) is 1. The number of hydrogen-bond acceptors (Lipinski definition) is 2. The highest BCUT2D eigenvalue weighted by Crippen LogP contribution is 2.28. The van der Waals surface area contributed by atoms with Gasteiger partial charge in [0.05, 0.1) is 0 Å². The molecule has 0 rings (SSSR count). The fourth-order valence-electron chi connectivity index (χ4n) is 0.204. The Balaban J connectivity index is 0. The van der Waals surface area contributed by atoms with Gasteiger partial charge in [-0.2, -0.15) is 0 Å². The summed E-state index contributed by atoms with van der Waals surface area (Å²) in [5.41, 5.74) is 0. The minimum atomic E-state index is -1.96. The molecule has 74 valence electrons. The van der Waals surface area contributed by atoms with E-state index in [0.717, 1.165) is 13.2 Å². The van der Waals surface area contributed by atoms with Crippen molar-refractivity contribution in [1.82, 2.24) is 0 Å². The van der Waals surface area contributed by atoms with Gasteiger partial charge in [0.25, 0.3) is 9.03 Å². The quantitative estimate of drug-likeness (QED) is 0.560. The van der Waals surface area contributed by atoms with Gasteiger partial charge in [0.15, 0.2) is 0 Å². The van der Waals surface area contributed by atoms with Crippen LogP contribution >= 0.6 is 46.4 Å². The van der Waals surface area contributed by atoms with E-state index in [4.69, 9.17) is 51.1 Å². The molecule has 0 amide bonds. The molecule has 0 fully saturated rings. The molecule has 0 N–H and O–H groups in total. The van der Waals surface area contributed by atoms with Gasteiger partial charge >= 0.3 is 0 Å². The van der Waals surface area contributed by atoms with E-state index >= 15 is 0 Å². The molecule has 0 aromatic heterocycles. The Hall–Kier alpha value is 0.790. The summed E-state index contributed by atoms with van der Waals surface area (Å²) in [4.78, 5) is 9.83. The van der Waals surface area contributed by atoms with Crippen LogP contribution in [0.1, 0.15) is 13.8 Å². The highest BCUT2D eigenvalue weighted by molar-refractivity contribution is 6.88. The van der Waals surface area contributed by atoms with Crippen molar-refractivity contribution in [3.63, 3.8) is 0 Å². The molecule has 0 unspecified atom stereocenters. The molecule has 0 aliphatic carbocycles. The maximum Gasteiger partial charge on any atom is 0.273 e. The Morgan fingerprint density at radius 3 is 1.50 bits per heavy atom. The fourth-order valence-corrected chi connectivity index (χ4v) is 0.204. The molecule has 6 heteroatoms. The van der Waals surface area contributed by atoms with Crippen LogP contribution in [-0.2, 0) is 9.53 Å². The summed E-state index contributed by atoms with van der Waals surface area (Å²) in [6.45, 7) is 5.67. The summed E-state index contributed by atoms with van der Waals surface area (Å²) in [5, 5.41) is -0.988. The van der Waals surface area contributed by atoms with Crippen molar-refractivity contribution in [2.75, 3.05) is 13.2 Å². The van der Waals surface area contributed by atoms with Gasteiger partial charge < -0.3 is 4.74 Å². The Labute approximate surface area is 92.1 Å². The van der Waals surface area contributed by atoms with Crippen molar-refractivity contribution < 1.29 is 9.53 Å². The second-order valence-electron chi connectivity index (χ2n) is 1.55. The van der Waals surface area contributed by atoms with Crippen LogP contribution in [0.3, 0.4) is 0 Å². The zero-order chi connectivity index (χ0) is 10.2. The molecular formula is C6H10Cl4O2. The standard InChI is InChI=1S/C4H10O.C2Cl4O/c1-3-5-4-2;3-1(7)2(4,5)6/h3-4H2,1-2H3;. The van der Waals surface area contributed by atoms with Gasteiger partial charge in [0.2, 0.25) is 0 Å². The molecule has 0 radical (unpaired) electrons. The van der Waals surface area contributed by atoms with E-state index < -0.39 is 9.03 Å². The molecule has 0 aromatic carbocycles. The third-order valence-corrected chi connectivity index (χ3v) is 1.72. The van der Waals surface area contributed by atoms with Crippen molar-refractivity contribution in [3.8, 4) is 0 Å². The van der Waals surface area contributed by atoms with Crippen molar-refractivity contribution in [3.05, 3.63) is 0 Å². The summed E-state index contributed by atoms with van der Waals surface area (Å²) in [5.74, 6) is 0. The second kappa shape index (κ2) is 8.39. The molecule has 0 spiro atoms. The molecule has 0 saturated carbocycles. The average molecular weight is 256 g/mol. The van der Waals surface area contributed by atoms with Gasteiger partial charge in [-0.25, -0.2) is 0 Å². The van der Waals surface area contributed by atoms with E-state index in [0.29, 0.717) is 0 Å². The lowest BCUT2D eigenvalue weighted by molar-refractivity contribution is -0.110. The number of carbonyl (C=O) groups is 1. The molecule has 0 heterocycles. The average Bonchev–Trinajstić information content (AvgIpc) is 1.88. The third-order valence-electron chi connectivity index (χ3n) is 0.631. The van der Waals surface area contributed by atoms with E-state index in [-0.39, 0.29) is 0 Å². The molecule has 0 aliphatic heterocycles. The summed E-state index contributed by atoms with van der Waals surface area (Å²) in [6, 6.07) is 0. The number of alkyl halides is 3. The van der Waals surface area contributed by atoms with Crippen molar-refractivity contribution >= 4 is 51.6 Å². The first-order valence-electron chi connectivity index (χ1n) is 3.20. The maximum absolute atomic E-state index is 9.83. The van der Waals surface area contributed by atoms with Gasteiger partial charge in [-0.1, -0.05) is 34.8 Å².